The molecule has 1 aliphatic rings. The molecule has 0 aromatic heterocycles. The van der Waals surface area contributed by atoms with Crippen molar-refractivity contribution in [1.29, 1.82) is 0 Å². The van der Waals surface area contributed by atoms with Crippen molar-refractivity contribution in [2.45, 2.75) is 26.7 Å². The van der Waals surface area contributed by atoms with Crippen LogP contribution in [0.2, 0.25) is 0 Å². The first-order chi connectivity index (χ1) is 5.83. The maximum absolute atomic E-state index is 2.27. The third-order valence-corrected chi connectivity index (χ3v) is 2.66. The van der Waals surface area contributed by atoms with Crippen LogP contribution in [0, 0.1) is 6.92 Å². The van der Waals surface area contributed by atoms with E-state index in [0.717, 1.165) is 12.8 Å². The largest absolute Gasteiger partial charge is 0.0795 e. The molecule has 0 spiro atoms. The van der Waals surface area contributed by atoms with Gasteiger partial charge in [0.25, 0.3) is 0 Å². The van der Waals surface area contributed by atoms with E-state index in [2.05, 4.69) is 38.1 Å². The van der Waals surface area contributed by atoms with Gasteiger partial charge in [0.2, 0.25) is 0 Å². The van der Waals surface area contributed by atoms with E-state index >= 15 is 0 Å². The minimum Gasteiger partial charge on any atom is -0.0795 e. The summed E-state index contributed by atoms with van der Waals surface area (Å²) < 4.78 is 0. The van der Waals surface area contributed by atoms with E-state index in [4.69, 9.17) is 0 Å². The molecular weight excluding hydrogens is 144 g/mol. The number of hydrogen-bond donors (Lipinski definition) is 0. The summed E-state index contributed by atoms with van der Waals surface area (Å²) in [6, 6.07) is 4.49. The highest BCUT2D eigenvalue weighted by Gasteiger charge is 2.10. The lowest BCUT2D eigenvalue weighted by Crippen LogP contribution is -1.93. The first-order valence-corrected chi connectivity index (χ1v) is 4.61. The van der Waals surface area contributed by atoms with Crippen molar-refractivity contribution in [3.05, 3.63) is 40.5 Å². The van der Waals surface area contributed by atoms with Crippen molar-refractivity contribution in [2.24, 2.45) is 0 Å². The molecule has 2 rings (SSSR count). The van der Waals surface area contributed by atoms with Gasteiger partial charge in [-0.3, -0.25) is 0 Å². The predicted molar refractivity (Wildman–Crippen MR) is 53.3 cm³/mol. The summed E-state index contributed by atoms with van der Waals surface area (Å²) in [5.41, 5.74) is 5.95. The van der Waals surface area contributed by atoms with Gasteiger partial charge in [0.15, 0.2) is 0 Å². The van der Waals surface area contributed by atoms with Crippen molar-refractivity contribution in [1.82, 2.24) is 0 Å². The summed E-state index contributed by atoms with van der Waals surface area (Å²) in [6.45, 7) is 4.41. The smallest absolute Gasteiger partial charge is 0.00853 e. The molecule has 0 saturated heterocycles. The molecular formula is C12H14. The van der Waals surface area contributed by atoms with Gasteiger partial charge in [-0.15, -0.1) is 0 Å². The molecule has 0 radical (unpaired) electrons. The van der Waals surface area contributed by atoms with Crippen molar-refractivity contribution < 1.29 is 0 Å². The maximum Gasteiger partial charge on any atom is -0.00853 e. The van der Waals surface area contributed by atoms with E-state index in [-0.39, 0.29) is 0 Å². The molecule has 0 heteroatoms. The Morgan fingerprint density at radius 1 is 1.33 bits per heavy atom. The van der Waals surface area contributed by atoms with E-state index in [0.29, 0.717) is 0 Å². The van der Waals surface area contributed by atoms with Crippen molar-refractivity contribution in [3.63, 3.8) is 0 Å². The monoisotopic (exact) mass is 158 g/mol. The highest BCUT2D eigenvalue weighted by Crippen LogP contribution is 2.26. The van der Waals surface area contributed by atoms with Crippen LogP contribution in [0.1, 0.15) is 29.2 Å². The van der Waals surface area contributed by atoms with Crippen molar-refractivity contribution in [2.75, 3.05) is 0 Å². The van der Waals surface area contributed by atoms with E-state index in [1.807, 2.05) is 0 Å². The van der Waals surface area contributed by atoms with Crippen LogP contribution in [0.4, 0.5) is 0 Å². The SMILES string of the molecule is CCc1ccc(C)c2c1CC=C2. The van der Waals surface area contributed by atoms with Crippen LogP contribution < -0.4 is 0 Å². The fourth-order valence-corrected chi connectivity index (χ4v) is 1.93. The summed E-state index contributed by atoms with van der Waals surface area (Å²) in [7, 11) is 0. The average Bonchev–Trinajstić information content (AvgIpc) is 2.54. The van der Waals surface area contributed by atoms with Gasteiger partial charge >= 0.3 is 0 Å². The fourth-order valence-electron chi connectivity index (χ4n) is 1.93. The Morgan fingerprint density at radius 2 is 2.17 bits per heavy atom. The molecule has 0 fully saturated rings. The highest BCUT2D eigenvalue weighted by atomic mass is 14.1. The minimum absolute atomic E-state index is 1.14. The standard InChI is InChI=1S/C12H14/c1-3-10-8-7-9(2)11-5-4-6-12(10)11/h4-5,7-8H,3,6H2,1-2H3. The van der Waals surface area contributed by atoms with Gasteiger partial charge in [-0.2, -0.15) is 0 Å². The van der Waals surface area contributed by atoms with E-state index in [1.165, 1.54) is 16.7 Å². The molecule has 1 aromatic carbocycles. The van der Waals surface area contributed by atoms with Crippen LogP contribution in [0.5, 0.6) is 0 Å². The molecule has 0 N–H and O–H groups in total. The molecule has 0 saturated carbocycles. The Hall–Kier alpha value is -1.04. The Bertz CT molecular complexity index is 332. The summed E-state index contributed by atoms with van der Waals surface area (Å²) in [6.07, 6.45) is 6.81. The second kappa shape index (κ2) is 2.78. The third-order valence-electron chi connectivity index (χ3n) is 2.66. The lowest BCUT2D eigenvalue weighted by atomic mass is 9.97. The molecule has 0 amide bonds. The van der Waals surface area contributed by atoms with Gasteiger partial charge < -0.3 is 0 Å². The molecule has 1 aromatic rings. The van der Waals surface area contributed by atoms with Gasteiger partial charge in [-0.1, -0.05) is 31.2 Å². The zero-order chi connectivity index (χ0) is 8.55. The van der Waals surface area contributed by atoms with Crippen molar-refractivity contribution in [3.8, 4) is 0 Å². The summed E-state index contributed by atoms with van der Waals surface area (Å²) in [4.78, 5) is 0. The molecule has 62 valence electrons. The molecule has 0 unspecified atom stereocenters. The Balaban J connectivity index is 2.61. The van der Waals surface area contributed by atoms with E-state index in [9.17, 15) is 0 Å². The first-order valence-electron chi connectivity index (χ1n) is 4.61. The maximum atomic E-state index is 2.27. The van der Waals surface area contributed by atoms with Crippen LogP contribution in [0.15, 0.2) is 18.2 Å². The van der Waals surface area contributed by atoms with E-state index in [1.54, 1.807) is 5.56 Å². The number of hydrogen-bond acceptors (Lipinski definition) is 0. The lowest BCUT2D eigenvalue weighted by Gasteiger charge is -2.08. The molecule has 12 heavy (non-hydrogen) atoms. The second-order valence-electron chi connectivity index (χ2n) is 3.39. The Kier molecular flexibility index (Phi) is 1.76. The number of fused-ring (bicyclic) bond motifs is 1. The van der Waals surface area contributed by atoms with Crippen LogP contribution in [0.3, 0.4) is 0 Å². The zero-order valence-corrected chi connectivity index (χ0v) is 7.72. The third kappa shape index (κ3) is 0.989. The average molecular weight is 158 g/mol. The van der Waals surface area contributed by atoms with Gasteiger partial charge in [0, 0.05) is 0 Å². The lowest BCUT2D eigenvalue weighted by molar-refractivity contribution is 1.08. The van der Waals surface area contributed by atoms with Crippen LogP contribution in [0.25, 0.3) is 6.08 Å². The molecule has 0 heterocycles. The van der Waals surface area contributed by atoms with Crippen LogP contribution in [-0.2, 0) is 12.8 Å². The molecule has 0 aliphatic heterocycles. The van der Waals surface area contributed by atoms with Gasteiger partial charge in [-0.25, -0.2) is 0 Å². The number of allylic oxidation sites excluding steroid dienone is 1. The topological polar surface area (TPSA) is 0 Å². The summed E-state index contributed by atoms with van der Waals surface area (Å²) in [5, 5.41) is 0. The Labute approximate surface area is 73.9 Å². The normalized spacial score (nSPS) is 13.5. The summed E-state index contributed by atoms with van der Waals surface area (Å²) in [5.74, 6) is 0. The Morgan fingerprint density at radius 3 is 2.92 bits per heavy atom. The highest BCUT2D eigenvalue weighted by molar-refractivity contribution is 5.65. The number of rotatable bonds is 1. The number of aryl methyl sites for hydroxylation is 2. The quantitative estimate of drug-likeness (QED) is 0.589. The molecule has 1 aliphatic carbocycles. The second-order valence-corrected chi connectivity index (χ2v) is 3.39. The fraction of sp³-hybridized carbons (Fsp3) is 0.333. The van der Waals surface area contributed by atoms with Crippen LogP contribution >= 0.6 is 0 Å². The number of benzene rings is 1. The van der Waals surface area contributed by atoms with E-state index < -0.39 is 0 Å². The van der Waals surface area contributed by atoms with Crippen molar-refractivity contribution >= 4 is 6.08 Å². The zero-order valence-electron chi connectivity index (χ0n) is 7.72. The van der Waals surface area contributed by atoms with Gasteiger partial charge in [0.1, 0.15) is 0 Å². The van der Waals surface area contributed by atoms with Crippen LogP contribution in [-0.4, -0.2) is 0 Å². The molecule has 0 nitrogen and oxygen atoms in total. The van der Waals surface area contributed by atoms with Gasteiger partial charge in [0.05, 0.1) is 0 Å². The predicted octanol–water partition coefficient (Wildman–Crippen LogP) is 3.13. The minimum atomic E-state index is 1.14. The first kappa shape index (κ1) is 7.60. The van der Waals surface area contributed by atoms with Gasteiger partial charge in [-0.05, 0) is 42.0 Å². The summed E-state index contributed by atoms with van der Waals surface area (Å²) >= 11 is 0. The molecule has 0 atom stereocenters. The molecule has 0 bridgehead atoms.